The molecule has 0 spiro atoms. The van der Waals surface area contributed by atoms with Crippen molar-refractivity contribution in [2.45, 2.75) is 25.7 Å². The van der Waals surface area contributed by atoms with Crippen LogP contribution in [0.15, 0.2) is 12.2 Å². The average molecular weight is 295 g/mol. The van der Waals surface area contributed by atoms with Gasteiger partial charge in [-0.2, -0.15) is 0 Å². The van der Waals surface area contributed by atoms with Crippen molar-refractivity contribution in [1.82, 2.24) is 15.8 Å². The molecule has 1 aliphatic carbocycles. The van der Waals surface area contributed by atoms with Gasteiger partial charge < -0.3 is 5.11 Å². The highest BCUT2D eigenvalue weighted by Crippen LogP contribution is 2.30. The number of imide groups is 1. The van der Waals surface area contributed by atoms with Gasteiger partial charge in [-0.1, -0.05) is 0 Å². The molecule has 1 fully saturated rings. The highest BCUT2D eigenvalue weighted by Gasteiger charge is 2.31. The Kier molecular flexibility index (Phi) is 4.56. The van der Waals surface area contributed by atoms with E-state index in [1.165, 1.54) is 17.1 Å². The Balaban J connectivity index is 1.75. The van der Waals surface area contributed by atoms with Gasteiger partial charge >= 0.3 is 6.09 Å². The number of amides is 4. The van der Waals surface area contributed by atoms with Gasteiger partial charge in [-0.25, -0.2) is 10.2 Å². The topological polar surface area (TPSA) is 116 Å². The van der Waals surface area contributed by atoms with Gasteiger partial charge in [-0.15, -0.1) is 0 Å². The van der Waals surface area contributed by atoms with Gasteiger partial charge in [0.1, 0.15) is 0 Å². The van der Waals surface area contributed by atoms with Gasteiger partial charge in [0.2, 0.25) is 5.91 Å². The Morgan fingerprint density at radius 3 is 2.19 bits per heavy atom. The molecule has 0 unspecified atom stereocenters. The highest BCUT2D eigenvalue weighted by atomic mass is 16.4. The normalized spacial score (nSPS) is 25.0. The molecule has 0 atom stereocenters. The molecule has 21 heavy (non-hydrogen) atoms. The standard InChI is InChI=1S/C13H17N3O5/c17-10-5-6-11(18)16(10)7-8-1-3-9(4-2-8)12(19)14-15-13(20)21/h5-6,8-9,15H,1-4,7H2,(H,14,19)(H,20,21). The molecule has 4 amide bonds. The SMILES string of the molecule is O=C(O)NNC(=O)C1CCC(CN2C(=O)C=CC2=O)CC1. The van der Waals surface area contributed by atoms with Crippen LogP contribution in [0.5, 0.6) is 0 Å². The predicted octanol–water partition coefficient (Wildman–Crippen LogP) is 0.0166. The lowest BCUT2D eigenvalue weighted by Gasteiger charge is -2.29. The molecule has 1 aliphatic heterocycles. The molecule has 8 nitrogen and oxygen atoms in total. The van der Waals surface area contributed by atoms with Gasteiger partial charge in [0, 0.05) is 24.6 Å². The minimum atomic E-state index is -1.31. The molecule has 1 heterocycles. The number of hydrogen-bond acceptors (Lipinski definition) is 4. The first-order valence-corrected chi connectivity index (χ1v) is 6.79. The molecular weight excluding hydrogens is 278 g/mol. The first kappa shape index (κ1) is 15.0. The quantitative estimate of drug-likeness (QED) is 0.501. The fraction of sp³-hybridized carbons (Fsp3) is 0.538. The molecule has 1 saturated carbocycles. The van der Waals surface area contributed by atoms with Crippen LogP contribution < -0.4 is 10.9 Å². The number of hydrogen-bond donors (Lipinski definition) is 3. The van der Waals surface area contributed by atoms with E-state index in [1.54, 1.807) is 0 Å². The molecule has 0 aromatic heterocycles. The van der Waals surface area contributed by atoms with Crippen molar-refractivity contribution in [3.63, 3.8) is 0 Å². The van der Waals surface area contributed by atoms with Gasteiger partial charge in [0.15, 0.2) is 0 Å². The highest BCUT2D eigenvalue weighted by molar-refractivity contribution is 6.12. The lowest BCUT2D eigenvalue weighted by atomic mass is 9.81. The Labute approximate surface area is 121 Å². The average Bonchev–Trinajstić information content (AvgIpc) is 2.77. The number of hydrazine groups is 1. The Morgan fingerprint density at radius 2 is 1.67 bits per heavy atom. The van der Waals surface area contributed by atoms with Crippen LogP contribution in [0.3, 0.4) is 0 Å². The number of carbonyl (C=O) groups is 4. The molecule has 114 valence electrons. The smallest absolute Gasteiger partial charge is 0.423 e. The zero-order chi connectivity index (χ0) is 15.4. The Morgan fingerprint density at radius 1 is 1.10 bits per heavy atom. The van der Waals surface area contributed by atoms with Crippen LogP contribution in [0, 0.1) is 11.8 Å². The summed E-state index contributed by atoms with van der Waals surface area (Å²) in [4.78, 5) is 46.1. The van der Waals surface area contributed by atoms with E-state index in [2.05, 4.69) is 5.43 Å². The monoisotopic (exact) mass is 295 g/mol. The number of carboxylic acid groups (broad SMARTS) is 1. The van der Waals surface area contributed by atoms with Crippen LogP contribution in [0.4, 0.5) is 4.79 Å². The van der Waals surface area contributed by atoms with E-state index in [4.69, 9.17) is 5.11 Å². The predicted molar refractivity (Wildman–Crippen MR) is 70.6 cm³/mol. The minimum Gasteiger partial charge on any atom is -0.464 e. The summed E-state index contributed by atoms with van der Waals surface area (Å²) >= 11 is 0. The molecule has 0 aromatic rings. The molecule has 8 heteroatoms. The zero-order valence-electron chi connectivity index (χ0n) is 11.4. The van der Waals surface area contributed by atoms with Crippen molar-refractivity contribution in [3.8, 4) is 0 Å². The number of rotatable bonds is 3. The largest absolute Gasteiger partial charge is 0.464 e. The molecule has 0 saturated heterocycles. The van der Waals surface area contributed by atoms with Crippen molar-refractivity contribution in [1.29, 1.82) is 0 Å². The van der Waals surface area contributed by atoms with Crippen LogP contribution >= 0.6 is 0 Å². The second kappa shape index (κ2) is 6.38. The summed E-state index contributed by atoms with van der Waals surface area (Å²) < 4.78 is 0. The fourth-order valence-corrected chi connectivity index (χ4v) is 2.69. The number of nitrogens with zero attached hydrogens (tertiary/aromatic N) is 1. The summed E-state index contributed by atoms with van der Waals surface area (Å²) in [5, 5.41) is 8.41. The van der Waals surface area contributed by atoms with Crippen LogP contribution in [0.1, 0.15) is 25.7 Å². The van der Waals surface area contributed by atoms with Gasteiger partial charge in [0.05, 0.1) is 0 Å². The summed E-state index contributed by atoms with van der Waals surface area (Å²) in [7, 11) is 0. The van der Waals surface area contributed by atoms with Crippen molar-refractivity contribution < 1.29 is 24.3 Å². The van der Waals surface area contributed by atoms with Crippen molar-refractivity contribution >= 4 is 23.8 Å². The molecular formula is C13H17N3O5. The van der Waals surface area contributed by atoms with Crippen LogP contribution in [0.2, 0.25) is 0 Å². The number of nitrogens with one attached hydrogen (secondary N) is 2. The van der Waals surface area contributed by atoms with Crippen molar-refractivity contribution in [3.05, 3.63) is 12.2 Å². The van der Waals surface area contributed by atoms with E-state index in [0.717, 1.165) is 12.8 Å². The van der Waals surface area contributed by atoms with Gasteiger partial charge in [0.25, 0.3) is 11.8 Å². The third-order valence-electron chi connectivity index (χ3n) is 3.85. The maximum absolute atomic E-state index is 11.7. The summed E-state index contributed by atoms with van der Waals surface area (Å²) in [6, 6.07) is 0. The lowest BCUT2D eigenvalue weighted by molar-refractivity contribution is -0.138. The van der Waals surface area contributed by atoms with Gasteiger partial charge in [-0.3, -0.25) is 24.7 Å². The summed E-state index contributed by atoms with van der Waals surface area (Å²) in [6.45, 7) is 0.381. The van der Waals surface area contributed by atoms with E-state index >= 15 is 0 Å². The molecule has 2 rings (SSSR count). The fourth-order valence-electron chi connectivity index (χ4n) is 2.69. The van der Waals surface area contributed by atoms with Gasteiger partial charge in [-0.05, 0) is 31.6 Å². The van der Waals surface area contributed by atoms with Crippen molar-refractivity contribution in [2.75, 3.05) is 6.54 Å². The number of carbonyl (C=O) groups excluding carboxylic acids is 3. The summed E-state index contributed by atoms with van der Waals surface area (Å²) in [5.74, 6) is -0.965. The van der Waals surface area contributed by atoms with Crippen LogP contribution in [-0.2, 0) is 14.4 Å². The van der Waals surface area contributed by atoms with E-state index in [-0.39, 0.29) is 29.6 Å². The third kappa shape index (κ3) is 3.80. The second-order valence-electron chi connectivity index (χ2n) is 5.26. The first-order chi connectivity index (χ1) is 9.97. The Hall–Kier alpha value is -2.38. The summed E-state index contributed by atoms with van der Waals surface area (Å²) in [6.07, 6.45) is 3.89. The third-order valence-corrected chi connectivity index (χ3v) is 3.85. The first-order valence-electron chi connectivity index (χ1n) is 6.79. The van der Waals surface area contributed by atoms with E-state index < -0.39 is 6.09 Å². The Bertz CT molecular complexity index is 476. The van der Waals surface area contributed by atoms with Crippen molar-refractivity contribution in [2.24, 2.45) is 11.8 Å². The van der Waals surface area contributed by atoms with E-state index in [9.17, 15) is 19.2 Å². The molecule has 0 radical (unpaired) electrons. The van der Waals surface area contributed by atoms with E-state index in [0.29, 0.717) is 19.4 Å². The minimum absolute atomic E-state index is 0.189. The summed E-state index contributed by atoms with van der Waals surface area (Å²) in [5.41, 5.74) is 3.97. The molecule has 0 bridgehead atoms. The second-order valence-corrected chi connectivity index (χ2v) is 5.26. The molecule has 0 aromatic carbocycles. The zero-order valence-corrected chi connectivity index (χ0v) is 11.4. The van der Waals surface area contributed by atoms with Crippen LogP contribution in [-0.4, -0.2) is 40.4 Å². The molecule has 2 aliphatic rings. The van der Waals surface area contributed by atoms with Crippen LogP contribution in [0.25, 0.3) is 0 Å². The maximum atomic E-state index is 11.7. The molecule has 3 N–H and O–H groups in total. The lowest BCUT2D eigenvalue weighted by Crippen LogP contribution is -2.45. The maximum Gasteiger partial charge on any atom is 0.423 e. The van der Waals surface area contributed by atoms with E-state index in [1.807, 2.05) is 5.43 Å².